The number of hydrogen-bond acceptors (Lipinski definition) is 5. The van der Waals surface area contributed by atoms with Crippen molar-refractivity contribution in [3.8, 4) is 0 Å². The van der Waals surface area contributed by atoms with Gasteiger partial charge in [0.15, 0.2) is 0 Å². The molecule has 0 saturated heterocycles. The summed E-state index contributed by atoms with van der Waals surface area (Å²) >= 11 is 3.22. The number of ether oxygens (including phenoxy) is 2. The fraction of sp³-hybridized carbons (Fsp3) is 0.167. The summed E-state index contributed by atoms with van der Waals surface area (Å²) in [6.45, 7) is -0.0730. The van der Waals surface area contributed by atoms with Crippen LogP contribution in [-0.2, 0) is 16.1 Å². The second-order valence-corrected chi connectivity index (χ2v) is 4.49. The summed E-state index contributed by atoms with van der Waals surface area (Å²) in [6, 6.07) is 3.14. The maximum atomic E-state index is 11.7. The van der Waals surface area contributed by atoms with Crippen molar-refractivity contribution < 1.29 is 23.5 Å². The Kier molecular flexibility index (Phi) is 4.06. The van der Waals surface area contributed by atoms with Crippen LogP contribution in [-0.4, -0.2) is 24.0 Å². The molecule has 0 aliphatic rings. The van der Waals surface area contributed by atoms with Crippen LogP contribution >= 0.6 is 15.9 Å². The number of carbonyl (C=O) groups excluding carboxylic acids is 2. The number of hydrogen-bond donors (Lipinski definition) is 1. The molecule has 0 unspecified atom stereocenters. The number of nitrogens with one attached hydrogen (secondary N) is 1. The lowest BCUT2D eigenvalue weighted by Crippen LogP contribution is -2.08. The van der Waals surface area contributed by atoms with Gasteiger partial charge in [-0.3, -0.25) is 0 Å². The predicted molar refractivity (Wildman–Crippen MR) is 67.7 cm³/mol. The molecule has 0 aliphatic heterocycles. The summed E-state index contributed by atoms with van der Waals surface area (Å²) in [5, 5.41) is 0. The zero-order chi connectivity index (χ0) is 13.8. The predicted octanol–water partition coefficient (Wildman–Crippen LogP) is 2.51. The number of H-pyrrole nitrogens is 1. The standard InChI is InChI=1S/C12H10BrNO5/c1-17-12(16)10-7(2-3-18-10)6-19-11(15)9-4-8(13)5-14-9/h2-5,14H,6H2,1H3. The van der Waals surface area contributed by atoms with Crippen molar-refractivity contribution in [3.05, 3.63) is 46.1 Å². The molecule has 0 aromatic carbocycles. The monoisotopic (exact) mass is 327 g/mol. The molecule has 6 nitrogen and oxygen atoms in total. The quantitative estimate of drug-likeness (QED) is 0.872. The molecule has 0 fully saturated rings. The van der Waals surface area contributed by atoms with Crippen LogP contribution < -0.4 is 0 Å². The molecule has 0 bridgehead atoms. The Balaban J connectivity index is 2.01. The van der Waals surface area contributed by atoms with Crippen LogP contribution in [0.5, 0.6) is 0 Å². The second kappa shape index (κ2) is 5.75. The van der Waals surface area contributed by atoms with E-state index in [2.05, 4.69) is 25.7 Å². The maximum absolute atomic E-state index is 11.7. The lowest BCUT2D eigenvalue weighted by Gasteiger charge is -2.03. The highest BCUT2D eigenvalue weighted by molar-refractivity contribution is 9.10. The molecule has 2 rings (SSSR count). The number of methoxy groups -OCH3 is 1. The van der Waals surface area contributed by atoms with Gasteiger partial charge < -0.3 is 18.9 Å². The molecule has 0 amide bonds. The zero-order valence-electron chi connectivity index (χ0n) is 9.94. The first-order valence-corrected chi connectivity index (χ1v) is 6.07. The molecular weight excluding hydrogens is 318 g/mol. The van der Waals surface area contributed by atoms with E-state index in [9.17, 15) is 9.59 Å². The zero-order valence-corrected chi connectivity index (χ0v) is 11.5. The molecule has 1 N–H and O–H groups in total. The first-order chi connectivity index (χ1) is 9.11. The summed E-state index contributed by atoms with van der Waals surface area (Å²) < 4.78 is 15.3. The van der Waals surface area contributed by atoms with Gasteiger partial charge in [-0.05, 0) is 28.1 Å². The summed E-state index contributed by atoms with van der Waals surface area (Å²) in [5.74, 6) is -1.11. The Labute approximate surface area is 116 Å². The minimum atomic E-state index is -0.612. The Bertz CT molecular complexity index is 601. The van der Waals surface area contributed by atoms with E-state index in [4.69, 9.17) is 9.15 Å². The highest BCUT2D eigenvalue weighted by Gasteiger charge is 2.18. The first kappa shape index (κ1) is 13.4. The number of aromatic amines is 1. The van der Waals surface area contributed by atoms with Crippen molar-refractivity contribution >= 4 is 27.9 Å². The van der Waals surface area contributed by atoms with Crippen molar-refractivity contribution in [2.24, 2.45) is 0 Å². The van der Waals surface area contributed by atoms with Crippen LogP contribution in [0.15, 0.2) is 33.5 Å². The normalized spacial score (nSPS) is 10.2. The highest BCUT2D eigenvalue weighted by atomic mass is 79.9. The SMILES string of the molecule is COC(=O)c1occc1COC(=O)c1cc(Br)c[nH]1. The number of rotatable bonds is 4. The lowest BCUT2D eigenvalue weighted by molar-refractivity contribution is 0.0448. The number of furan rings is 1. The van der Waals surface area contributed by atoms with Crippen LogP contribution in [0.4, 0.5) is 0 Å². The third-order valence-corrected chi connectivity index (χ3v) is 2.80. The Morgan fingerprint density at radius 1 is 1.42 bits per heavy atom. The number of carbonyl (C=O) groups is 2. The van der Waals surface area contributed by atoms with Gasteiger partial charge in [0.05, 0.1) is 13.4 Å². The molecule has 7 heteroatoms. The van der Waals surface area contributed by atoms with Crippen LogP contribution in [0, 0.1) is 0 Å². The summed E-state index contributed by atoms with van der Waals surface area (Å²) in [7, 11) is 1.25. The van der Waals surface area contributed by atoms with Crippen molar-refractivity contribution in [2.45, 2.75) is 6.61 Å². The molecule has 0 aliphatic carbocycles. The Morgan fingerprint density at radius 2 is 2.21 bits per heavy atom. The van der Waals surface area contributed by atoms with Crippen LogP contribution in [0.1, 0.15) is 26.6 Å². The van der Waals surface area contributed by atoms with E-state index in [0.29, 0.717) is 11.3 Å². The first-order valence-electron chi connectivity index (χ1n) is 5.27. The van der Waals surface area contributed by atoms with Gasteiger partial charge in [0, 0.05) is 16.2 Å². The molecule has 0 saturated carbocycles. The van der Waals surface area contributed by atoms with Crippen molar-refractivity contribution in [2.75, 3.05) is 7.11 Å². The van der Waals surface area contributed by atoms with E-state index in [1.165, 1.54) is 13.4 Å². The number of halogens is 1. The fourth-order valence-corrected chi connectivity index (χ4v) is 1.77. The topological polar surface area (TPSA) is 81.5 Å². The van der Waals surface area contributed by atoms with Gasteiger partial charge in [-0.15, -0.1) is 0 Å². The van der Waals surface area contributed by atoms with Crippen LogP contribution in [0.3, 0.4) is 0 Å². The Hall–Kier alpha value is -2.02. The summed E-state index contributed by atoms with van der Waals surface area (Å²) in [5.41, 5.74) is 0.765. The summed E-state index contributed by atoms with van der Waals surface area (Å²) in [4.78, 5) is 25.8. The molecule has 2 heterocycles. The summed E-state index contributed by atoms with van der Waals surface area (Å²) in [6.07, 6.45) is 2.95. The van der Waals surface area contributed by atoms with E-state index in [0.717, 1.165) is 4.47 Å². The minimum absolute atomic E-state index is 0.0305. The van der Waals surface area contributed by atoms with E-state index >= 15 is 0 Å². The van der Waals surface area contributed by atoms with E-state index in [1.54, 1.807) is 18.3 Å². The molecular formula is C12H10BrNO5. The molecule has 0 spiro atoms. The lowest BCUT2D eigenvalue weighted by atomic mass is 10.2. The largest absolute Gasteiger partial charge is 0.463 e. The van der Waals surface area contributed by atoms with Crippen LogP contribution in [0.2, 0.25) is 0 Å². The van der Waals surface area contributed by atoms with Gasteiger partial charge in [-0.2, -0.15) is 0 Å². The molecule has 0 radical (unpaired) electrons. The molecule has 100 valence electrons. The van der Waals surface area contributed by atoms with E-state index < -0.39 is 11.9 Å². The van der Waals surface area contributed by atoms with E-state index in [1.807, 2.05) is 0 Å². The van der Waals surface area contributed by atoms with Gasteiger partial charge in [-0.25, -0.2) is 9.59 Å². The average Bonchev–Trinajstić information content (AvgIpc) is 3.03. The third kappa shape index (κ3) is 3.05. The fourth-order valence-electron chi connectivity index (χ4n) is 1.43. The van der Waals surface area contributed by atoms with Gasteiger partial charge >= 0.3 is 11.9 Å². The smallest absolute Gasteiger partial charge is 0.374 e. The minimum Gasteiger partial charge on any atom is -0.463 e. The molecule has 2 aromatic heterocycles. The molecule has 2 aromatic rings. The van der Waals surface area contributed by atoms with Crippen molar-refractivity contribution in [3.63, 3.8) is 0 Å². The molecule has 0 atom stereocenters. The van der Waals surface area contributed by atoms with Crippen LogP contribution in [0.25, 0.3) is 0 Å². The van der Waals surface area contributed by atoms with Gasteiger partial charge in [0.2, 0.25) is 5.76 Å². The number of esters is 2. The Morgan fingerprint density at radius 3 is 2.84 bits per heavy atom. The van der Waals surface area contributed by atoms with Gasteiger partial charge in [0.1, 0.15) is 12.3 Å². The third-order valence-electron chi connectivity index (χ3n) is 2.34. The van der Waals surface area contributed by atoms with E-state index in [-0.39, 0.29) is 12.4 Å². The highest BCUT2D eigenvalue weighted by Crippen LogP contribution is 2.15. The maximum Gasteiger partial charge on any atom is 0.374 e. The van der Waals surface area contributed by atoms with Gasteiger partial charge in [-0.1, -0.05) is 0 Å². The molecule has 19 heavy (non-hydrogen) atoms. The van der Waals surface area contributed by atoms with Gasteiger partial charge in [0.25, 0.3) is 0 Å². The second-order valence-electron chi connectivity index (χ2n) is 3.57. The number of aromatic nitrogens is 1. The van der Waals surface area contributed by atoms with Crippen molar-refractivity contribution in [1.82, 2.24) is 4.98 Å². The van der Waals surface area contributed by atoms with Crippen molar-refractivity contribution in [1.29, 1.82) is 0 Å². The average molecular weight is 328 g/mol.